The molecule has 0 bridgehead atoms. The van der Waals surface area contributed by atoms with Gasteiger partial charge in [0.2, 0.25) is 0 Å². The highest BCUT2D eigenvalue weighted by atomic mass is 32.2. The minimum atomic E-state index is -0.325. The first-order valence-electron chi connectivity index (χ1n) is 10.5. The molecule has 0 N–H and O–H groups in total. The van der Waals surface area contributed by atoms with E-state index in [0.717, 1.165) is 11.1 Å². The Morgan fingerprint density at radius 1 is 1.03 bits per heavy atom. The topological polar surface area (TPSA) is 58.2 Å². The van der Waals surface area contributed by atoms with Gasteiger partial charge in [-0.25, -0.2) is 4.39 Å². The molecule has 1 amide bonds. The Balaban J connectivity index is 1.58. The van der Waals surface area contributed by atoms with Crippen LogP contribution >= 0.6 is 11.8 Å². The molecule has 4 rings (SSSR count). The molecule has 3 aromatic rings. The fraction of sp³-hybridized carbons (Fsp3) is 0.192. The van der Waals surface area contributed by atoms with Gasteiger partial charge in [0.15, 0.2) is 5.17 Å². The SMILES string of the molecule is CC(C)(C)c1ccc(/C=N/N=C2\S/C(=C\c3ccc(F)cc3)C(=O)N2Cc2ccco2)cc1. The maximum Gasteiger partial charge on any atom is 0.267 e. The van der Waals surface area contributed by atoms with Crippen molar-refractivity contribution < 1.29 is 13.6 Å². The molecule has 1 aliphatic heterocycles. The predicted molar refractivity (Wildman–Crippen MR) is 131 cm³/mol. The number of thioether (sulfide) groups is 1. The van der Waals surface area contributed by atoms with Gasteiger partial charge in [-0.05, 0) is 64.2 Å². The molecule has 0 saturated carbocycles. The zero-order chi connectivity index (χ0) is 23.4. The summed E-state index contributed by atoms with van der Waals surface area (Å²) in [5.41, 5.74) is 2.97. The van der Waals surface area contributed by atoms with E-state index in [1.54, 1.807) is 42.8 Å². The number of furan rings is 1. The number of hydrogen-bond donors (Lipinski definition) is 0. The number of carbonyl (C=O) groups excluding carboxylic acids is 1. The van der Waals surface area contributed by atoms with Crippen LogP contribution in [0.2, 0.25) is 0 Å². The Morgan fingerprint density at radius 2 is 1.73 bits per heavy atom. The summed E-state index contributed by atoms with van der Waals surface area (Å²) in [4.78, 5) is 15.1. The number of amides is 1. The van der Waals surface area contributed by atoms with Gasteiger partial charge in [-0.1, -0.05) is 57.2 Å². The van der Waals surface area contributed by atoms with Crippen molar-refractivity contribution in [2.24, 2.45) is 10.2 Å². The summed E-state index contributed by atoms with van der Waals surface area (Å²) >= 11 is 1.23. The molecule has 2 heterocycles. The number of carbonyl (C=O) groups is 1. The molecule has 0 aliphatic carbocycles. The molecular weight excluding hydrogens is 437 g/mol. The van der Waals surface area contributed by atoms with Crippen LogP contribution in [-0.4, -0.2) is 22.2 Å². The second-order valence-corrected chi connectivity index (χ2v) is 9.64. The lowest BCUT2D eigenvalue weighted by atomic mass is 9.87. The van der Waals surface area contributed by atoms with Gasteiger partial charge in [-0.3, -0.25) is 9.69 Å². The van der Waals surface area contributed by atoms with Crippen LogP contribution in [0.3, 0.4) is 0 Å². The van der Waals surface area contributed by atoms with E-state index in [2.05, 4.69) is 43.1 Å². The summed E-state index contributed by atoms with van der Waals surface area (Å²) in [6.45, 7) is 6.75. The first-order chi connectivity index (χ1) is 15.8. The summed E-state index contributed by atoms with van der Waals surface area (Å²) in [7, 11) is 0. The molecule has 7 heteroatoms. The van der Waals surface area contributed by atoms with E-state index in [1.165, 1.54) is 34.4 Å². The maximum atomic E-state index is 13.2. The summed E-state index contributed by atoms with van der Waals surface area (Å²) in [5.74, 6) is 0.111. The van der Waals surface area contributed by atoms with Crippen LogP contribution in [0.4, 0.5) is 4.39 Å². The Hall–Kier alpha value is -3.45. The van der Waals surface area contributed by atoms with Crippen LogP contribution in [0.5, 0.6) is 0 Å². The van der Waals surface area contributed by atoms with Gasteiger partial charge in [0.25, 0.3) is 5.91 Å². The minimum absolute atomic E-state index is 0.0797. The largest absolute Gasteiger partial charge is 0.467 e. The zero-order valence-corrected chi connectivity index (χ0v) is 19.5. The Labute approximate surface area is 196 Å². The molecule has 0 atom stereocenters. The molecule has 5 nitrogen and oxygen atoms in total. The van der Waals surface area contributed by atoms with Gasteiger partial charge < -0.3 is 4.42 Å². The molecule has 1 aliphatic rings. The number of benzene rings is 2. The number of amidine groups is 1. The molecule has 1 aromatic heterocycles. The first-order valence-corrected chi connectivity index (χ1v) is 11.3. The van der Waals surface area contributed by atoms with Crippen LogP contribution in [0.15, 0.2) is 86.5 Å². The van der Waals surface area contributed by atoms with Crippen LogP contribution in [0, 0.1) is 5.82 Å². The third-order valence-corrected chi connectivity index (χ3v) is 6.07. The Bertz CT molecular complexity index is 1210. The van der Waals surface area contributed by atoms with Crippen molar-refractivity contribution in [2.75, 3.05) is 0 Å². The van der Waals surface area contributed by atoms with Gasteiger partial charge in [0.05, 0.1) is 23.9 Å². The molecule has 33 heavy (non-hydrogen) atoms. The van der Waals surface area contributed by atoms with E-state index in [1.807, 2.05) is 12.1 Å². The standard InChI is InChI=1S/C26H24FN3O2S/c1-26(2,3)20-10-6-19(7-11-20)16-28-29-25-30(17-22-5-4-14-32-22)24(31)23(33-25)15-18-8-12-21(27)13-9-18/h4-16H,17H2,1-3H3/b23-15-,28-16+,29-25-. The molecule has 1 saturated heterocycles. The average molecular weight is 462 g/mol. The van der Waals surface area contributed by atoms with E-state index < -0.39 is 0 Å². The summed E-state index contributed by atoms with van der Waals surface area (Å²) in [5, 5.41) is 8.99. The van der Waals surface area contributed by atoms with Gasteiger partial charge in [0, 0.05) is 0 Å². The van der Waals surface area contributed by atoms with Gasteiger partial charge in [0.1, 0.15) is 11.6 Å². The van der Waals surface area contributed by atoms with Crippen molar-refractivity contribution in [3.63, 3.8) is 0 Å². The van der Waals surface area contributed by atoms with Crippen molar-refractivity contribution >= 4 is 35.1 Å². The summed E-state index contributed by atoms with van der Waals surface area (Å²) in [6, 6.07) is 17.7. The number of nitrogens with zero attached hydrogens (tertiary/aromatic N) is 3. The quantitative estimate of drug-likeness (QED) is 0.257. The van der Waals surface area contributed by atoms with Crippen molar-refractivity contribution in [3.05, 3.63) is 100 Å². The second-order valence-electron chi connectivity index (χ2n) is 8.63. The van der Waals surface area contributed by atoms with Gasteiger partial charge >= 0.3 is 0 Å². The summed E-state index contributed by atoms with van der Waals surface area (Å²) in [6.07, 6.45) is 4.95. The van der Waals surface area contributed by atoms with Crippen LogP contribution in [0.25, 0.3) is 6.08 Å². The molecule has 2 aromatic carbocycles. The monoisotopic (exact) mass is 461 g/mol. The fourth-order valence-corrected chi connectivity index (χ4v) is 4.14. The Kier molecular flexibility index (Phi) is 6.60. The highest BCUT2D eigenvalue weighted by molar-refractivity contribution is 8.18. The molecule has 168 valence electrons. The zero-order valence-electron chi connectivity index (χ0n) is 18.7. The molecule has 0 radical (unpaired) electrons. The Morgan fingerprint density at radius 3 is 2.36 bits per heavy atom. The third kappa shape index (κ3) is 5.68. The molecule has 1 fully saturated rings. The lowest BCUT2D eigenvalue weighted by Crippen LogP contribution is -2.28. The van der Waals surface area contributed by atoms with Crippen molar-refractivity contribution in [1.82, 2.24) is 4.90 Å². The number of halogens is 1. The van der Waals surface area contributed by atoms with Crippen LogP contribution < -0.4 is 0 Å². The van der Waals surface area contributed by atoms with E-state index in [-0.39, 0.29) is 23.7 Å². The molecule has 0 unspecified atom stereocenters. The van der Waals surface area contributed by atoms with Crippen LogP contribution in [0.1, 0.15) is 43.2 Å². The molecular formula is C26H24FN3O2S. The molecule has 0 spiro atoms. The number of rotatable bonds is 5. The van der Waals surface area contributed by atoms with E-state index >= 15 is 0 Å². The van der Waals surface area contributed by atoms with E-state index in [0.29, 0.717) is 15.8 Å². The highest BCUT2D eigenvalue weighted by Gasteiger charge is 2.34. The van der Waals surface area contributed by atoms with Crippen molar-refractivity contribution in [2.45, 2.75) is 32.7 Å². The lowest BCUT2D eigenvalue weighted by molar-refractivity contribution is -0.122. The fourth-order valence-electron chi connectivity index (χ4n) is 3.20. The normalized spacial score (nSPS) is 17.1. The van der Waals surface area contributed by atoms with E-state index in [9.17, 15) is 9.18 Å². The van der Waals surface area contributed by atoms with Gasteiger partial charge in [-0.15, -0.1) is 5.10 Å². The van der Waals surface area contributed by atoms with Crippen LogP contribution in [-0.2, 0) is 16.8 Å². The highest BCUT2D eigenvalue weighted by Crippen LogP contribution is 2.34. The van der Waals surface area contributed by atoms with Gasteiger partial charge in [-0.2, -0.15) is 5.10 Å². The lowest BCUT2D eigenvalue weighted by Gasteiger charge is -2.18. The smallest absolute Gasteiger partial charge is 0.267 e. The number of hydrogen-bond acceptors (Lipinski definition) is 5. The first kappa shape index (κ1) is 22.7. The maximum absolute atomic E-state index is 13.2. The van der Waals surface area contributed by atoms with Crippen molar-refractivity contribution in [1.29, 1.82) is 0 Å². The minimum Gasteiger partial charge on any atom is -0.467 e. The third-order valence-electron chi connectivity index (χ3n) is 5.08. The van der Waals surface area contributed by atoms with Crippen molar-refractivity contribution in [3.8, 4) is 0 Å². The van der Waals surface area contributed by atoms with E-state index in [4.69, 9.17) is 4.42 Å². The average Bonchev–Trinajstić information content (AvgIpc) is 3.39. The predicted octanol–water partition coefficient (Wildman–Crippen LogP) is 6.22. The summed E-state index contributed by atoms with van der Waals surface area (Å²) < 4.78 is 18.6. The second kappa shape index (κ2) is 9.58.